The van der Waals surface area contributed by atoms with Crippen molar-refractivity contribution in [3.63, 3.8) is 0 Å². The highest BCUT2D eigenvalue weighted by Crippen LogP contribution is 2.15. The summed E-state index contributed by atoms with van der Waals surface area (Å²) in [6, 6.07) is 10.4. The van der Waals surface area contributed by atoms with Crippen molar-refractivity contribution in [3.05, 3.63) is 30.3 Å². The van der Waals surface area contributed by atoms with E-state index in [0.717, 1.165) is 18.9 Å². The van der Waals surface area contributed by atoms with Crippen molar-refractivity contribution < 1.29 is 9.53 Å². The van der Waals surface area contributed by atoms with Gasteiger partial charge in [-0.25, -0.2) is 0 Å². The number of ether oxygens (including phenoxy) is 1. The Kier molecular flexibility index (Phi) is 6.20. The molecule has 1 aromatic rings. The lowest BCUT2D eigenvalue weighted by atomic mass is 10.2. The van der Waals surface area contributed by atoms with Gasteiger partial charge in [0.2, 0.25) is 5.91 Å². The van der Waals surface area contributed by atoms with E-state index in [1.165, 1.54) is 4.90 Å². The second-order valence-corrected chi connectivity index (χ2v) is 5.61. The molecule has 1 unspecified atom stereocenters. The van der Waals surface area contributed by atoms with Gasteiger partial charge in [0.05, 0.1) is 13.2 Å². The van der Waals surface area contributed by atoms with Gasteiger partial charge >= 0.3 is 0 Å². The quantitative estimate of drug-likeness (QED) is 0.609. The molecule has 104 valence electrons. The normalized spacial score (nSPS) is 19.1. The van der Waals surface area contributed by atoms with Crippen LogP contribution in [0.2, 0.25) is 0 Å². The summed E-state index contributed by atoms with van der Waals surface area (Å²) in [5.74, 6) is 0.987. The van der Waals surface area contributed by atoms with Crippen LogP contribution in [0.25, 0.3) is 0 Å². The molecule has 2 N–H and O–H groups in total. The van der Waals surface area contributed by atoms with Gasteiger partial charge < -0.3 is 15.4 Å². The summed E-state index contributed by atoms with van der Waals surface area (Å²) in [6.45, 7) is 2.91. The predicted octanol–water partition coefficient (Wildman–Crippen LogP) is 1.27. The molecule has 0 bridgehead atoms. The number of carbonyl (C=O) groups is 1. The van der Waals surface area contributed by atoms with E-state index in [-0.39, 0.29) is 11.9 Å². The fourth-order valence-corrected chi connectivity index (χ4v) is 2.71. The van der Waals surface area contributed by atoms with Crippen LogP contribution >= 0.6 is 11.8 Å². The first kappa shape index (κ1) is 14.4. The van der Waals surface area contributed by atoms with Gasteiger partial charge in [-0.2, -0.15) is 0 Å². The molecule has 1 atom stereocenters. The Balaban J connectivity index is 1.56. The van der Waals surface area contributed by atoms with Crippen molar-refractivity contribution in [1.29, 1.82) is 0 Å². The molecule has 1 amide bonds. The van der Waals surface area contributed by atoms with Gasteiger partial charge in [-0.3, -0.25) is 4.79 Å². The van der Waals surface area contributed by atoms with E-state index >= 15 is 0 Å². The van der Waals surface area contributed by atoms with E-state index in [0.29, 0.717) is 19.6 Å². The number of benzene rings is 1. The maximum atomic E-state index is 11.7. The SMILES string of the molecule is O=C(CC1COCCN1)NCCSc1ccccc1. The van der Waals surface area contributed by atoms with Crippen LogP contribution in [-0.2, 0) is 9.53 Å². The zero-order chi connectivity index (χ0) is 13.3. The number of nitrogens with one attached hydrogen (secondary N) is 2. The van der Waals surface area contributed by atoms with Gasteiger partial charge in [0.15, 0.2) is 0 Å². The lowest BCUT2D eigenvalue weighted by Crippen LogP contribution is -2.44. The van der Waals surface area contributed by atoms with Crippen molar-refractivity contribution in [3.8, 4) is 0 Å². The number of amides is 1. The molecule has 1 fully saturated rings. The number of thioether (sulfide) groups is 1. The Morgan fingerprint density at radius 3 is 3.00 bits per heavy atom. The molecular weight excluding hydrogens is 260 g/mol. The van der Waals surface area contributed by atoms with Gasteiger partial charge in [-0.15, -0.1) is 11.8 Å². The smallest absolute Gasteiger partial charge is 0.221 e. The van der Waals surface area contributed by atoms with E-state index in [1.807, 2.05) is 18.2 Å². The summed E-state index contributed by atoms with van der Waals surface area (Å²) < 4.78 is 5.32. The predicted molar refractivity (Wildman–Crippen MR) is 77.4 cm³/mol. The van der Waals surface area contributed by atoms with Gasteiger partial charge in [0.1, 0.15) is 0 Å². The monoisotopic (exact) mass is 280 g/mol. The number of hydrogen-bond donors (Lipinski definition) is 2. The van der Waals surface area contributed by atoms with Crippen molar-refractivity contribution in [2.24, 2.45) is 0 Å². The molecule has 1 saturated heterocycles. The third-order valence-electron chi connectivity index (χ3n) is 2.87. The Morgan fingerprint density at radius 2 is 2.26 bits per heavy atom. The van der Waals surface area contributed by atoms with Gasteiger partial charge in [-0.1, -0.05) is 18.2 Å². The Bertz CT molecular complexity index is 380. The van der Waals surface area contributed by atoms with Crippen LogP contribution in [0, 0.1) is 0 Å². The van der Waals surface area contributed by atoms with Crippen LogP contribution in [0.15, 0.2) is 35.2 Å². The fraction of sp³-hybridized carbons (Fsp3) is 0.500. The molecule has 0 saturated carbocycles. The third kappa shape index (κ3) is 5.63. The second-order valence-electron chi connectivity index (χ2n) is 4.44. The van der Waals surface area contributed by atoms with Gasteiger partial charge in [-0.05, 0) is 12.1 Å². The highest BCUT2D eigenvalue weighted by atomic mass is 32.2. The lowest BCUT2D eigenvalue weighted by Gasteiger charge is -2.23. The number of morpholine rings is 1. The molecule has 0 radical (unpaired) electrons. The molecule has 19 heavy (non-hydrogen) atoms. The molecule has 1 heterocycles. The minimum Gasteiger partial charge on any atom is -0.378 e. The van der Waals surface area contributed by atoms with E-state index in [4.69, 9.17) is 4.74 Å². The van der Waals surface area contributed by atoms with Crippen LogP contribution in [0.3, 0.4) is 0 Å². The van der Waals surface area contributed by atoms with Crippen LogP contribution < -0.4 is 10.6 Å². The summed E-state index contributed by atoms with van der Waals surface area (Å²) in [4.78, 5) is 12.9. The highest BCUT2D eigenvalue weighted by molar-refractivity contribution is 7.99. The van der Waals surface area contributed by atoms with Crippen molar-refractivity contribution in [1.82, 2.24) is 10.6 Å². The second kappa shape index (κ2) is 8.19. The highest BCUT2D eigenvalue weighted by Gasteiger charge is 2.16. The van der Waals surface area contributed by atoms with Gasteiger partial charge in [0.25, 0.3) is 0 Å². The molecule has 4 nitrogen and oxygen atoms in total. The van der Waals surface area contributed by atoms with E-state index < -0.39 is 0 Å². The average Bonchev–Trinajstić information content (AvgIpc) is 2.46. The van der Waals surface area contributed by atoms with Crippen molar-refractivity contribution in [2.45, 2.75) is 17.4 Å². The number of carbonyl (C=O) groups excluding carboxylic acids is 1. The van der Waals surface area contributed by atoms with Gasteiger partial charge in [0, 0.05) is 36.2 Å². The molecule has 0 aromatic heterocycles. The van der Waals surface area contributed by atoms with Crippen LogP contribution in [-0.4, -0.2) is 44.0 Å². The molecular formula is C14H20N2O2S. The number of hydrogen-bond acceptors (Lipinski definition) is 4. The molecule has 2 rings (SSSR count). The third-order valence-corrected chi connectivity index (χ3v) is 3.88. The summed E-state index contributed by atoms with van der Waals surface area (Å²) in [6.07, 6.45) is 0.496. The Hall–Kier alpha value is -1.04. The summed E-state index contributed by atoms with van der Waals surface area (Å²) in [7, 11) is 0. The maximum absolute atomic E-state index is 11.7. The summed E-state index contributed by atoms with van der Waals surface area (Å²) >= 11 is 1.75. The molecule has 0 aliphatic carbocycles. The first-order valence-electron chi connectivity index (χ1n) is 6.60. The molecule has 5 heteroatoms. The van der Waals surface area contributed by atoms with Crippen molar-refractivity contribution >= 4 is 17.7 Å². The minimum atomic E-state index is 0.0941. The maximum Gasteiger partial charge on any atom is 0.221 e. The molecule has 0 spiro atoms. The van der Waals surface area contributed by atoms with Crippen molar-refractivity contribution in [2.75, 3.05) is 32.1 Å². The average molecular weight is 280 g/mol. The lowest BCUT2D eigenvalue weighted by molar-refractivity contribution is -0.122. The number of rotatable bonds is 6. The Morgan fingerprint density at radius 1 is 1.42 bits per heavy atom. The largest absolute Gasteiger partial charge is 0.378 e. The molecule has 1 aliphatic rings. The first-order chi connectivity index (χ1) is 9.34. The van der Waals surface area contributed by atoms with Crippen LogP contribution in [0.4, 0.5) is 0 Å². The Labute approximate surface area is 118 Å². The standard InChI is InChI=1S/C14H20N2O2S/c17-14(10-12-11-18-8-6-15-12)16-7-9-19-13-4-2-1-3-5-13/h1-5,12,15H,6-11H2,(H,16,17). The molecule has 1 aromatic carbocycles. The van der Waals surface area contributed by atoms with E-state index in [9.17, 15) is 4.79 Å². The summed E-state index contributed by atoms with van der Waals surface area (Å²) in [5.41, 5.74) is 0. The summed E-state index contributed by atoms with van der Waals surface area (Å²) in [5, 5.41) is 6.22. The van der Waals surface area contributed by atoms with E-state index in [2.05, 4.69) is 22.8 Å². The van der Waals surface area contributed by atoms with E-state index in [1.54, 1.807) is 11.8 Å². The van der Waals surface area contributed by atoms with Crippen LogP contribution in [0.5, 0.6) is 0 Å². The molecule has 1 aliphatic heterocycles. The zero-order valence-electron chi connectivity index (χ0n) is 10.9. The fourth-order valence-electron chi connectivity index (χ4n) is 1.92. The topological polar surface area (TPSA) is 50.4 Å². The first-order valence-corrected chi connectivity index (χ1v) is 7.59. The van der Waals surface area contributed by atoms with Crippen LogP contribution in [0.1, 0.15) is 6.42 Å². The zero-order valence-corrected chi connectivity index (χ0v) is 11.7. The minimum absolute atomic E-state index is 0.0941.